The van der Waals surface area contributed by atoms with E-state index in [0.29, 0.717) is 13.1 Å². The van der Waals surface area contributed by atoms with Gasteiger partial charge in [-0.25, -0.2) is 0 Å². The van der Waals surface area contributed by atoms with E-state index < -0.39 is 11.7 Å². The maximum atomic E-state index is 12.7. The van der Waals surface area contributed by atoms with Gasteiger partial charge in [-0.2, -0.15) is 13.2 Å². The van der Waals surface area contributed by atoms with Crippen LogP contribution in [0, 0.1) is 0 Å². The Morgan fingerprint density at radius 1 is 1.43 bits per heavy atom. The number of halogens is 4. The molecule has 2 rings (SSSR count). The average molecular weight is 323 g/mol. The molecule has 3 nitrogen and oxygen atoms in total. The molecule has 1 atom stereocenters. The number of rotatable bonds is 3. The molecule has 1 unspecified atom stereocenters. The van der Waals surface area contributed by atoms with Gasteiger partial charge in [-0.1, -0.05) is 6.07 Å². The number of hydrogen-bond acceptors (Lipinski definition) is 2. The normalized spacial score (nSPS) is 18.5. The Bertz CT molecular complexity index is 493. The maximum absolute atomic E-state index is 12.7. The number of likely N-dealkylation sites (N-methyl/N-ethyl adjacent to an activating group) is 1. The average Bonchev–Trinajstić information content (AvgIpc) is 2.86. The summed E-state index contributed by atoms with van der Waals surface area (Å²) in [6.07, 6.45) is -2.66. The van der Waals surface area contributed by atoms with Crippen LogP contribution in [0.2, 0.25) is 0 Å². The van der Waals surface area contributed by atoms with Gasteiger partial charge < -0.3 is 10.2 Å². The Morgan fingerprint density at radius 3 is 2.76 bits per heavy atom. The quantitative estimate of drug-likeness (QED) is 0.928. The zero-order valence-electron chi connectivity index (χ0n) is 11.6. The second-order valence-electron chi connectivity index (χ2n) is 4.93. The summed E-state index contributed by atoms with van der Waals surface area (Å²) in [6, 6.07) is 4.68. The summed E-state index contributed by atoms with van der Waals surface area (Å²) in [7, 11) is 1.80. The van der Waals surface area contributed by atoms with Gasteiger partial charge in [0.1, 0.15) is 0 Å². The molecule has 1 aliphatic rings. The van der Waals surface area contributed by atoms with Crippen LogP contribution < -0.4 is 5.32 Å². The van der Waals surface area contributed by atoms with E-state index in [1.807, 2.05) is 0 Å². The van der Waals surface area contributed by atoms with E-state index in [1.54, 1.807) is 11.9 Å². The first-order chi connectivity index (χ1) is 9.43. The third-order valence-corrected chi connectivity index (χ3v) is 3.51. The Morgan fingerprint density at radius 2 is 2.14 bits per heavy atom. The van der Waals surface area contributed by atoms with Gasteiger partial charge in [0.15, 0.2) is 0 Å². The fraction of sp³-hybridized carbons (Fsp3) is 0.500. The number of likely N-dealkylation sites (tertiary alicyclic amines) is 1. The monoisotopic (exact) mass is 322 g/mol. The Balaban J connectivity index is 0.00000220. The number of benzene rings is 1. The predicted molar refractivity (Wildman–Crippen MR) is 76.7 cm³/mol. The molecule has 1 amide bonds. The molecular formula is C14H18ClF3N2O. The summed E-state index contributed by atoms with van der Waals surface area (Å²) in [5.41, 5.74) is -0.685. The minimum absolute atomic E-state index is 0. The number of amides is 1. The molecule has 7 heteroatoms. The number of carbonyl (C=O) groups is 1. The molecule has 118 valence electrons. The number of nitrogens with one attached hydrogen (secondary N) is 1. The predicted octanol–water partition coefficient (Wildman–Crippen LogP) is 2.95. The van der Waals surface area contributed by atoms with Crippen LogP contribution in [0.4, 0.5) is 13.2 Å². The Labute approximate surface area is 127 Å². The first-order valence-electron chi connectivity index (χ1n) is 6.56. The lowest BCUT2D eigenvalue weighted by Crippen LogP contribution is -2.40. The highest BCUT2D eigenvalue weighted by atomic mass is 35.5. The first kappa shape index (κ1) is 17.8. The zero-order valence-corrected chi connectivity index (χ0v) is 12.4. The lowest BCUT2D eigenvalue weighted by atomic mass is 10.1. The maximum Gasteiger partial charge on any atom is 0.416 e. The van der Waals surface area contributed by atoms with Gasteiger partial charge >= 0.3 is 6.18 Å². The molecule has 1 aliphatic heterocycles. The second-order valence-corrected chi connectivity index (χ2v) is 4.93. The number of alkyl halides is 3. The third-order valence-electron chi connectivity index (χ3n) is 3.51. The molecule has 1 aromatic carbocycles. The molecular weight excluding hydrogens is 305 g/mol. The van der Waals surface area contributed by atoms with Crippen LogP contribution in [0.5, 0.6) is 0 Å². The fourth-order valence-electron chi connectivity index (χ4n) is 2.55. The van der Waals surface area contributed by atoms with E-state index in [1.165, 1.54) is 12.1 Å². The van der Waals surface area contributed by atoms with Crippen molar-refractivity contribution in [1.82, 2.24) is 10.2 Å². The smallest absolute Gasteiger partial charge is 0.334 e. The van der Waals surface area contributed by atoms with Gasteiger partial charge in [-0.05, 0) is 38.1 Å². The highest BCUT2D eigenvalue weighted by Gasteiger charge is 2.33. The summed E-state index contributed by atoms with van der Waals surface area (Å²) in [5.74, 6) is -0.325. The summed E-state index contributed by atoms with van der Waals surface area (Å²) in [6.45, 7) is 1.26. The molecule has 0 bridgehead atoms. The molecule has 0 radical (unpaired) electrons. The summed E-state index contributed by atoms with van der Waals surface area (Å²) >= 11 is 0. The van der Waals surface area contributed by atoms with Gasteiger partial charge in [0.25, 0.3) is 5.91 Å². The van der Waals surface area contributed by atoms with Crippen LogP contribution in [0.25, 0.3) is 0 Å². The molecule has 0 aromatic heterocycles. The van der Waals surface area contributed by atoms with E-state index in [-0.39, 0.29) is 29.9 Å². The summed E-state index contributed by atoms with van der Waals surface area (Å²) < 4.78 is 38.0. The van der Waals surface area contributed by atoms with E-state index in [2.05, 4.69) is 5.32 Å². The first-order valence-corrected chi connectivity index (χ1v) is 6.56. The van der Waals surface area contributed by atoms with Crippen molar-refractivity contribution in [2.24, 2.45) is 0 Å². The van der Waals surface area contributed by atoms with E-state index in [0.717, 1.165) is 25.0 Å². The topological polar surface area (TPSA) is 32.3 Å². The third kappa shape index (κ3) is 4.11. The molecule has 0 aliphatic carbocycles. The molecule has 1 aromatic rings. The van der Waals surface area contributed by atoms with Gasteiger partial charge in [0.2, 0.25) is 0 Å². The molecule has 1 saturated heterocycles. The van der Waals surface area contributed by atoms with Crippen LogP contribution in [-0.2, 0) is 6.18 Å². The van der Waals surface area contributed by atoms with E-state index in [9.17, 15) is 18.0 Å². The molecule has 1 N–H and O–H groups in total. The van der Waals surface area contributed by atoms with Crippen LogP contribution >= 0.6 is 12.4 Å². The highest BCUT2D eigenvalue weighted by molar-refractivity contribution is 5.94. The minimum atomic E-state index is -4.42. The minimum Gasteiger partial charge on any atom is -0.334 e. The van der Waals surface area contributed by atoms with Crippen LogP contribution in [0.3, 0.4) is 0 Å². The van der Waals surface area contributed by atoms with Crippen molar-refractivity contribution in [2.45, 2.75) is 25.1 Å². The Hall–Kier alpha value is -1.27. The summed E-state index contributed by atoms with van der Waals surface area (Å²) in [4.78, 5) is 14.0. The van der Waals surface area contributed by atoms with E-state index >= 15 is 0 Å². The number of hydrogen-bond donors (Lipinski definition) is 1. The van der Waals surface area contributed by atoms with Crippen molar-refractivity contribution >= 4 is 18.3 Å². The second kappa shape index (κ2) is 7.13. The van der Waals surface area contributed by atoms with Crippen LogP contribution in [0.15, 0.2) is 24.3 Å². The van der Waals surface area contributed by atoms with Gasteiger partial charge in [-0.15, -0.1) is 12.4 Å². The zero-order chi connectivity index (χ0) is 14.8. The molecule has 0 saturated carbocycles. The Kier molecular flexibility index (Phi) is 6.04. The van der Waals surface area contributed by atoms with Crippen molar-refractivity contribution in [3.8, 4) is 0 Å². The van der Waals surface area contributed by atoms with Crippen LogP contribution in [-0.4, -0.2) is 37.0 Å². The number of carbonyl (C=O) groups excluding carboxylic acids is 1. The SMILES string of the molecule is CNCC1CCCN1C(=O)c1cccc(C(F)(F)F)c1.Cl. The lowest BCUT2D eigenvalue weighted by molar-refractivity contribution is -0.137. The van der Waals surface area contributed by atoms with Crippen molar-refractivity contribution in [2.75, 3.05) is 20.1 Å². The molecule has 1 heterocycles. The van der Waals surface area contributed by atoms with Crippen molar-refractivity contribution < 1.29 is 18.0 Å². The van der Waals surface area contributed by atoms with Crippen molar-refractivity contribution in [1.29, 1.82) is 0 Å². The van der Waals surface area contributed by atoms with Crippen molar-refractivity contribution in [3.05, 3.63) is 35.4 Å². The summed E-state index contributed by atoms with van der Waals surface area (Å²) in [5, 5.41) is 3.01. The van der Waals surface area contributed by atoms with Gasteiger partial charge in [0, 0.05) is 24.7 Å². The standard InChI is InChI=1S/C14H17F3N2O.ClH/c1-18-9-12-6-3-7-19(12)13(20)10-4-2-5-11(8-10)14(15,16)17;/h2,4-5,8,12,18H,3,6-7,9H2,1H3;1H. The molecule has 0 spiro atoms. The van der Waals surface area contributed by atoms with Gasteiger partial charge in [-0.3, -0.25) is 4.79 Å². The van der Waals surface area contributed by atoms with Crippen LogP contribution in [0.1, 0.15) is 28.8 Å². The van der Waals surface area contributed by atoms with Crippen molar-refractivity contribution in [3.63, 3.8) is 0 Å². The largest absolute Gasteiger partial charge is 0.416 e. The molecule has 21 heavy (non-hydrogen) atoms. The number of nitrogens with zero attached hydrogens (tertiary/aromatic N) is 1. The molecule has 1 fully saturated rings. The lowest BCUT2D eigenvalue weighted by Gasteiger charge is -2.24. The highest BCUT2D eigenvalue weighted by Crippen LogP contribution is 2.30. The van der Waals surface area contributed by atoms with E-state index in [4.69, 9.17) is 0 Å². The fourth-order valence-corrected chi connectivity index (χ4v) is 2.55. The van der Waals surface area contributed by atoms with Gasteiger partial charge in [0.05, 0.1) is 5.56 Å².